The van der Waals surface area contributed by atoms with Crippen LogP contribution >= 0.6 is 15.9 Å². The van der Waals surface area contributed by atoms with Crippen LogP contribution in [0.4, 0.5) is 0 Å². The molecule has 86 valence electrons. The van der Waals surface area contributed by atoms with Gasteiger partial charge in [-0.05, 0) is 46.1 Å². The van der Waals surface area contributed by atoms with Gasteiger partial charge in [-0.2, -0.15) is 0 Å². The molecular formula is C10H12BrN3O2. The molecule has 6 heteroatoms. The molecule has 0 radical (unpaired) electrons. The molecule has 1 aromatic rings. The molecule has 0 aliphatic rings. The van der Waals surface area contributed by atoms with E-state index in [9.17, 15) is 0 Å². The Morgan fingerprint density at radius 3 is 2.94 bits per heavy atom. The molecule has 0 bridgehead atoms. The van der Waals surface area contributed by atoms with Crippen LogP contribution in [-0.4, -0.2) is 20.3 Å². The zero-order valence-corrected chi connectivity index (χ0v) is 10.5. The molecule has 16 heavy (non-hydrogen) atoms. The number of azide groups is 1. The van der Waals surface area contributed by atoms with E-state index in [1.54, 1.807) is 7.11 Å². The maximum atomic E-state index is 8.08. The number of hydrogen-bond acceptors (Lipinski definition) is 3. The monoisotopic (exact) mass is 285 g/mol. The van der Waals surface area contributed by atoms with E-state index in [0.29, 0.717) is 19.6 Å². The SMILES string of the molecule is COc1ccc(OCCCN=[N+]=[N-])c(Br)c1. The van der Waals surface area contributed by atoms with E-state index in [0.717, 1.165) is 16.0 Å². The van der Waals surface area contributed by atoms with E-state index < -0.39 is 0 Å². The van der Waals surface area contributed by atoms with Crippen molar-refractivity contribution in [3.63, 3.8) is 0 Å². The summed E-state index contributed by atoms with van der Waals surface area (Å²) < 4.78 is 11.4. The molecular weight excluding hydrogens is 274 g/mol. The van der Waals surface area contributed by atoms with Crippen LogP contribution < -0.4 is 9.47 Å². The molecule has 0 aromatic heterocycles. The van der Waals surface area contributed by atoms with E-state index in [4.69, 9.17) is 15.0 Å². The van der Waals surface area contributed by atoms with Gasteiger partial charge >= 0.3 is 0 Å². The van der Waals surface area contributed by atoms with Crippen LogP contribution in [0.3, 0.4) is 0 Å². The van der Waals surface area contributed by atoms with E-state index >= 15 is 0 Å². The highest BCUT2D eigenvalue weighted by atomic mass is 79.9. The smallest absolute Gasteiger partial charge is 0.133 e. The molecule has 1 aromatic carbocycles. The van der Waals surface area contributed by atoms with Gasteiger partial charge in [0.05, 0.1) is 18.2 Å². The highest BCUT2D eigenvalue weighted by Crippen LogP contribution is 2.29. The summed E-state index contributed by atoms with van der Waals surface area (Å²) in [7, 11) is 1.61. The minimum Gasteiger partial charge on any atom is -0.497 e. The summed E-state index contributed by atoms with van der Waals surface area (Å²) in [4.78, 5) is 2.66. The number of hydrogen-bond donors (Lipinski definition) is 0. The van der Waals surface area contributed by atoms with Crippen molar-refractivity contribution in [3.8, 4) is 11.5 Å². The van der Waals surface area contributed by atoms with Crippen LogP contribution in [0, 0.1) is 0 Å². The molecule has 0 unspecified atom stereocenters. The van der Waals surface area contributed by atoms with E-state index in [1.165, 1.54) is 0 Å². The quantitative estimate of drug-likeness (QED) is 0.347. The molecule has 0 fully saturated rings. The lowest BCUT2D eigenvalue weighted by atomic mass is 10.3. The number of halogens is 1. The molecule has 0 spiro atoms. The summed E-state index contributed by atoms with van der Waals surface area (Å²) in [6.07, 6.45) is 0.697. The van der Waals surface area contributed by atoms with Crippen LogP contribution in [0.1, 0.15) is 6.42 Å². The number of rotatable bonds is 6. The van der Waals surface area contributed by atoms with Gasteiger partial charge < -0.3 is 9.47 Å². The minimum atomic E-state index is 0.449. The van der Waals surface area contributed by atoms with Gasteiger partial charge in [-0.25, -0.2) is 0 Å². The van der Waals surface area contributed by atoms with Crippen LogP contribution in [-0.2, 0) is 0 Å². The molecule has 1 rings (SSSR count). The summed E-state index contributed by atoms with van der Waals surface area (Å²) >= 11 is 3.38. The van der Waals surface area contributed by atoms with Gasteiger partial charge in [0.25, 0.3) is 0 Å². The van der Waals surface area contributed by atoms with E-state index in [-0.39, 0.29) is 0 Å². The van der Waals surface area contributed by atoms with E-state index in [1.807, 2.05) is 18.2 Å². The second-order valence-corrected chi connectivity index (χ2v) is 3.81. The van der Waals surface area contributed by atoms with Gasteiger partial charge in [0.2, 0.25) is 0 Å². The van der Waals surface area contributed by atoms with E-state index in [2.05, 4.69) is 26.0 Å². The molecule has 0 heterocycles. The zero-order valence-electron chi connectivity index (χ0n) is 8.89. The third kappa shape index (κ3) is 4.00. The first kappa shape index (κ1) is 12.7. The predicted octanol–water partition coefficient (Wildman–Crippen LogP) is 3.54. The van der Waals surface area contributed by atoms with Crippen molar-refractivity contribution in [2.75, 3.05) is 20.3 Å². The highest BCUT2D eigenvalue weighted by Gasteiger charge is 2.02. The Bertz CT molecular complexity index is 392. The minimum absolute atomic E-state index is 0.449. The molecule has 0 amide bonds. The maximum absolute atomic E-state index is 8.08. The predicted molar refractivity (Wildman–Crippen MR) is 64.8 cm³/mol. The Morgan fingerprint density at radius 2 is 2.31 bits per heavy atom. The van der Waals surface area contributed by atoms with Crippen molar-refractivity contribution >= 4 is 15.9 Å². The van der Waals surface area contributed by atoms with Gasteiger partial charge in [-0.1, -0.05) is 5.11 Å². The maximum Gasteiger partial charge on any atom is 0.133 e. The second-order valence-electron chi connectivity index (χ2n) is 2.95. The average Bonchev–Trinajstić information content (AvgIpc) is 2.30. The Kier molecular flexibility index (Phi) is 5.53. The standard InChI is InChI=1S/C10H12BrN3O2/c1-15-8-3-4-10(9(11)7-8)16-6-2-5-13-14-12/h3-4,7H,2,5-6H2,1H3. The number of ether oxygens (including phenoxy) is 2. The Hall–Kier alpha value is -1.39. The fourth-order valence-corrected chi connectivity index (χ4v) is 1.56. The van der Waals surface area contributed by atoms with Gasteiger partial charge in [-0.15, -0.1) is 0 Å². The normalized spacial score (nSPS) is 9.38. The van der Waals surface area contributed by atoms with Crippen molar-refractivity contribution in [1.29, 1.82) is 0 Å². The topological polar surface area (TPSA) is 67.2 Å². The Balaban J connectivity index is 2.44. The molecule has 0 aliphatic carbocycles. The molecule has 0 saturated carbocycles. The third-order valence-electron chi connectivity index (χ3n) is 1.86. The highest BCUT2D eigenvalue weighted by molar-refractivity contribution is 9.10. The van der Waals surface area contributed by atoms with Crippen molar-refractivity contribution < 1.29 is 9.47 Å². The molecule has 0 N–H and O–H groups in total. The summed E-state index contributed by atoms with van der Waals surface area (Å²) in [5, 5.41) is 3.42. The zero-order chi connectivity index (χ0) is 11.8. The fraction of sp³-hybridized carbons (Fsp3) is 0.400. The summed E-state index contributed by atoms with van der Waals surface area (Å²) in [6.45, 7) is 0.966. The number of methoxy groups -OCH3 is 1. The first-order valence-corrected chi connectivity index (χ1v) is 5.54. The van der Waals surface area contributed by atoms with Crippen LogP contribution in [0.5, 0.6) is 11.5 Å². The molecule has 0 atom stereocenters. The Morgan fingerprint density at radius 1 is 1.50 bits per heavy atom. The van der Waals surface area contributed by atoms with Crippen molar-refractivity contribution in [3.05, 3.63) is 33.1 Å². The fourth-order valence-electron chi connectivity index (χ4n) is 1.09. The van der Waals surface area contributed by atoms with Crippen molar-refractivity contribution in [1.82, 2.24) is 0 Å². The Labute approximate surface area is 102 Å². The van der Waals surface area contributed by atoms with Crippen LogP contribution in [0.25, 0.3) is 10.4 Å². The molecule has 5 nitrogen and oxygen atoms in total. The summed E-state index contributed by atoms with van der Waals surface area (Å²) in [5.41, 5.74) is 8.08. The van der Waals surface area contributed by atoms with Gasteiger partial charge in [0.15, 0.2) is 0 Å². The van der Waals surface area contributed by atoms with Crippen molar-refractivity contribution in [2.24, 2.45) is 5.11 Å². The number of benzene rings is 1. The van der Waals surface area contributed by atoms with Gasteiger partial charge in [0, 0.05) is 11.5 Å². The lowest BCUT2D eigenvalue weighted by Crippen LogP contribution is -1.99. The second kappa shape index (κ2) is 6.98. The van der Waals surface area contributed by atoms with Gasteiger partial charge in [-0.3, -0.25) is 0 Å². The summed E-state index contributed by atoms with van der Waals surface area (Å²) in [5.74, 6) is 1.52. The van der Waals surface area contributed by atoms with Crippen LogP contribution in [0.15, 0.2) is 27.8 Å². The first-order chi connectivity index (χ1) is 7.77. The molecule has 0 saturated heterocycles. The third-order valence-corrected chi connectivity index (χ3v) is 2.48. The first-order valence-electron chi connectivity index (χ1n) is 4.75. The lowest BCUT2D eigenvalue weighted by Gasteiger charge is -2.08. The van der Waals surface area contributed by atoms with Crippen molar-refractivity contribution in [2.45, 2.75) is 6.42 Å². The number of nitrogens with zero attached hydrogens (tertiary/aromatic N) is 3. The van der Waals surface area contributed by atoms with Crippen LogP contribution in [0.2, 0.25) is 0 Å². The molecule has 0 aliphatic heterocycles. The lowest BCUT2D eigenvalue weighted by molar-refractivity contribution is 0.310. The van der Waals surface area contributed by atoms with Gasteiger partial charge in [0.1, 0.15) is 11.5 Å². The largest absolute Gasteiger partial charge is 0.497 e. The average molecular weight is 286 g/mol. The summed E-state index contributed by atoms with van der Waals surface area (Å²) in [6, 6.07) is 5.49.